The average molecular weight is 409 g/mol. The van der Waals surface area contributed by atoms with E-state index >= 15 is 0 Å². The highest BCUT2D eigenvalue weighted by Crippen LogP contribution is 2.19. The quantitative estimate of drug-likeness (QED) is 0.157. The van der Waals surface area contributed by atoms with Crippen molar-refractivity contribution in [2.24, 2.45) is 0 Å². The molecule has 0 bridgehead atoms. The molecule has 0 aliphatic carbocycles. The summed E-state index contributed by atoms with van der Waals surface area (Å²) < 4.78 is 19.6. The zero-order valence-electron chi connectivity index (χ0n) is 17.4. The number of aliphatic hydroxyl groups excluding tert-OH is 2. The summed E-state index contributed by atoms with van der Waals surface area (Å²) in [6, 6.07) is 0. The van der Waals surface area contributed by atoms with Crippen LogP contribution in [0.15, 0.2) is 0 Å². The summed E-state index contributed by atoms with van der Waals surface area (Å²) in [6.45, 7) is 2.90. The number of hydrogen-bond donors (Lipinski definition) is 3. The minimum absolute atomic E-state index is 0.206. The standard InChI is InChI=1S/C21H44O5S/c1-2-3-4-12-15-21(26-27-24)16-13-10-8-6-5-7-9-11-14-17-25-19-20(23)18-22/h20-24H,2-19H2,1H3. The van der Waals surface area contributed by atoms with Gasteiger partial charge in [0, 0.05) is 6.61 Å². The van der Waals surface area contributed by atoms with Crippen LogP contribution in [0.5, 0.6) is 0 Å². The highest BCUT2D eigenvalue weighted by atomic mass is 32.2. The predicted molar refractivity (Wildman–Crippen MR) is 114 cm³/mol. The minimum Gasteiger partial charge on any atom is -0.394 e. The van der Waals surface area contributed by atoms with Crippen LogP contribution in [0.25, 0.3) is 0 Å². The summed E-state index contributed by atoms with van der Waals surface area (Å²) in [4.78, 5) is 0. The van der Waals surface area contributed by atoms with Crippen LogP contribution >= 0.6 is 12.3 Å². The van der Waals surface area contributed by atoms with E-state index in [1.807, 2.05) is 0 Å². The molecule has 0 radical (unpaired) electrons. The molecular weight excluding hydrogens is 364 g/mol. The van der Waals surface area contributed by atoms with Crippen LogP contribution in [0, 0.1) is 0 Å². The molecule has 0 fully saturated rings. The van der Waals surface area contributed by atoms with E-state index in [4.69, 9.17) is 23.7 Å². The number of rotatable bonds is 22. The van der Waals surface area contributed by atoms with Gasteiger partial charge < -0.3 is 19.5 Å². The molecule has 0 rings (SSSR count). The first-order valence-electron chi connectivity index (χ1n) is 11.1. The predicted octanol–water partition coefficient (Wildman–Crippen LogP) is 5.73. The molecule has 0 aromatic rings. The maximum Gasteiger partial charge on any atom is 0.155 e. The number of unbranched alkanes of at least 4 members (excludes halogenated alkanes) is 11. The van der Waals surface area contributed by atoms with Gasteiger partial charge in [-0.15, -0.1) is 0 Å². The van der Waals surface area contributed by atoms with Crippen LogP contribution in [0.2, 0.25) is 0 Å². The van der Waals surface area contributed by atoms with E-state index in [2.05, 4.69) is 6.92 Å². The number of ether oxygens (including phenoxy) is 1. The van der Waals surface area contributed by atoms with E-state index in [0.717, 1.165) is 19.3 Å². The van der Waals surface area contributed by atoms with Crippen LogP contribution in [0.4, 0.5) is 0 Å². The lowest BCUT2D eigenvalue weighted by atomic mass is 10.0. The Balaban J connectivity index is 3.32. The van der Waals surface area contributed by atoms with Gasteiger partial charge in [0.05, 0.1) is 19.3 Å². The smallest absolute Gasteiger partial charge is 0.155 e. The molecule has 0 aromatic heterocycles. The van der Waals surface area contributed by atoms with Gasteiger partial charge in [-0.05, 0) is 19.3 Å². The molecule has 2 unspecified atom stereocenters. The monoisotopic (exact) mass is 408 g/mol. The van der Waals surface area contributed by atoms with Crippen LogP contribution in [0.1, 0.15) is 103 Å². The lowest BCUT2D eigenvalue weighted by Crippen LogP contribution is -2.19. The summed E-state index contributed by atoms with van der Waals surface area (Å²) in [6.07, 6.45) is 17.7. The molecule has 0 heterocycles. The molecular formula is C21H44O5S. The molecule has 27 heavy (non-hydrogen) atoms. The van der Waals surface area contributed by atoms with Crippen molar-refractivity contribution in [3.8, 4) is 0 Å². The summed E-state index contributed by atoms with van der Waals surface area (Å²) in [5.41, 5.74) is 0. The van der Waals surface area contributed by atoms with Gasteiger partial charge in [-0.3, -0.25) is 4.18 Å². The Hall–Kier alpha value is 0.150. The van der Waals surface area contributed by atoms with Crippen molar-refractivity contribution in [2.45, 2.75) is 115 Å². The van der Waals surface area contributed by atoms with E-state index < -0.39 is 6.10 Å². The molecule has 5 nitrogen and oxygen atoms in total. The van der Waals surface area contributed by atoms with Gasteiger partial charge in [-0.1, -0.05) is 84.0 Å². The first kappa shape index (κ1) is 27.1. The maximum atomic E-state index is 9.14. The zero-order valence-corrected chi connectivity index (χ0v) is 18.3. The van der Waals surface area contributed by atoms with Crippen LogP contribution in [0.3, 0.4) is 0 Å². The van der Waals surface area contributed by atoms with Crippen molar-refractivity contribution in [1.82, 2.24) is 0 Å². The molecule has 6 heteroatoms. The third-order valence-corrected chi connectivity index (χ3v) is 5.25. The van der Waals surface area contributed by atoms with Gasteiger partial charge in [0.1, 0.15) is 6.10 Å². The Morgan fingerprint density at radius 1 is 0.778 bits per heavy atom. The Kier molecular flexibility index (Phi) is 22.6. The minimum atomic E-state index is -0.740. The second-order valence-corrected chi connectivity index (χ2v) is 7.87. The molecule has 0 saturated carbocycles. The van der Waals surface area contributed by atoms with Gasteiger partial charge >= 0.3 is 0 Å². The lowest BCUT2D eigenvalue weighted by Gasteiger charge is -2.14. The molecule has 3 N–H and O–H groups in total. The lowest BCUT2D eigenvalue weighted by molar-refractivity contribution is 0.00526. The summed E-state index contributed by atoms with van der Waals surface area (Å²) in [7, 11) is 0. The summed E-state index contributed by atoms with van der Waals surface area (Å²) in [5.74, 6) is 0. The Morgan fingerprint density at radius 3 is 1.81 bits per heavy atom. The second-order valence-electron chi connectivity index (χ2n) is 7.52. The summed E-state index contributed by atoms with van der Waals surface area (Å²) >= 11 is 0.528. The van der Waals surface area contributed by atoms with E-state index in [0.29, 0.717) is 18.9 Å². The van der Waals surface area contributed by atoms with Crippen molar-refractivity contribution in [3.63, 3.8) is 0 Å². The van der Waals surface area contributed by atoms with Gasteiger partial charge in [0.2, 0.25) is 0 Å². The highest BCUT2D eigenvalue weighted by molar-refractivity contribution is 7.88. The fourth-order valence-electron chi connectivity index (χ4n) is 3.19. The van der Waals surface area contributed by atoms with Crippen molar-refractivity contribution >= 4 is 12.3 Å². The molecule has 0 saturated heterocycles. The first-order chi connectivity index (χ1) is 13.2. The van der Waals surface area contributed by atoms with Gasteiger partial charge in [0.25, 0.3) is 0 Å². The normalized spacial score (nSPS) is 13.8. The molecule has 0 aliphatic rings. The number of aliphatic hydroxyl groups is 2. The molecule has 0 spiro atoms. The van der Waals surface area contributed by atoms with E-state index in [9.17, 15) is 0 Å². The fourth-order valence-corrected chi connectivity index (χ4v) is 3.50. The van der Waals surface area contributed by atoms with Gasteiger partial charge in [0.15, 0.2) is 12.3 Å². The third-order valence-electron chi connectivity index (χ3n) is 4.89. The van der Waals surface area contributed by atoms with Crippen molar-refractivity contribution in [3.05, 3.63) is 0 Å². The van der Waals surface area contributed by atoms with E-state index in [1.54, 1.807) is 0 Å². The second kappa shape index (κ2) is 22.4. The molecule has 0 amide bonds. The SMILES string of the molecule is CCCCCCC(CCCCCCCCCCCOCC(O)CO)OSO. The van der Waals surface area contributed by atoms with E-state index in [-0.39, 0.29) is 19.3 Å². The van der Waals surface area contributed by atoms with Crippen LogP contribution < -0.4 is 0 Å². The van der Waals surface area contributed by atoms with Gasteiger partial charge in [-0.25, -0.2) is 0 Å². The van der Waals surface area contributed by atoms with E-state index in [1.165, 1.54) is 77.0 Å². The topological polar surface area (TPSA) is 79.2 Å². The third kappa shape index (κ3) is 20.7. The van der Waals surface area contributed by atoms with Gasteiger partial charge in [-0.2, -0.15) is 0 Å². The van der Waals surface area contributed by atoms with Crippen molar-refractivity contribution in [1.29, 1.82) is 0 Å². The zero-order chi connectivity index (χ0) is 20.0. The van der Waals surface area contributed by atoms with Crippen molar-refractivity contribution in [2.75, 3.05) is 19.8 Å². The summed E-state index contributed by atoms with van der Waals surface area (Å²) in [5, 5.41) is 17.8. The molecule has 164 valence electrons. The van der Waals surface area contributed by atoms with Crippen LogP contribution in [-0.2, 0) is 8.92 Å². The Morgan fingerprint density at radius 2 is 1.30 bits per heavy atom. The molecule has 2 atom stereocenters. The molecule has 0 aromatic carbocycles. The first-order valence-corrected chi connectivity index (χ1v) is 11.8. The Labute approximate surface area is 171 Å². The van der Waals surface area contributed by atoms with Crippen molar-refractivity contribution < 1.29 is 23.7 Å². The Bertz CT molecular complexity index is 281. The maximum absolute atomic E-state index is 9.14. The molecule has 0 aliphatic heterocycles. The average Bonchev–Trinajstić information content (AvgIpc) is 2.68. The highest BCUT2D eigenvalue weighted by Gasteiger charge is 2.09. The fraction of sp³-hybridized carbons (Fsp3) is 1.00. The van der Waals surface area contributed by atoms with Crippen LogP contribution in [-0.4, -0.2) is 46.8 Å². The largest absolute Gasteiger partial charge is 0.394 e. The number of hydrogen-bond acceptors (Lipinski definition) is 6.